The van der Waals surface area contributed by atoms with E-state index in [0.29, 0.717) is 28.0 Å². The van der Waals surface area contributed by atoms with Crippen molar-refractivity contribution in [2.45, 2.75) is 83.3 Å². The maximum Gasteiger partial charge on any atom is 0.410 e. The predicted octanol–water partition coefficient (Wildman–Crippen LogP) is 6.74. The molecule has 216 valence electrons. The van der Waals surface area contributed by atoms with Gasteiger partial charge in [0.15, 0.2) is 0 Å². The van der Waals surface area contributed by atoms with E-state index < -0.39 is 30.3 Å². The fourth-order valence-electron chi connectivity index (χ4n) is 4.80. The first-order valence-electron chi connectivity index (χ1n) is 13.0. The summed E-state index contributed by atoms with van der Waals surface area (Å²) in [6.45, 7) is 5.73. The first-order valence-corrected chi connectivity index (χ1v) is 13.9. The maximum atomic E-state index is 13.3. The van der Waals surface area contributed by atoms with E-state index in [2.05, 4.69) is 15.3 Å². The van der Waals surface area contributed by atoms with Gasteiger partial charge < -0.3 is 19.7 Å². The average Bonchev–Trinajstić information content (AvgIpc) is 3.28. The summed E-state index contributed by atoms with van der Waals surface area (Å²) in [4.78, 5) is 36.0. The first-order chi connectivity index (χ1) is 18.8. The molecule has 2 aromatic heterocycles. The van der Waals surface area contributed by atoms with Gasteiger partial charge in [0.25, 0.3) is 0 Å². The third-order valence-electron chi connectivity index (χ3n) is 6.54. The molecule has 0 unspecified atom stereocenters. The van der Waals surface area contributed by atoms with Crippen LogP contribution in [0, 0.1) is 0 Å². The van der Waals surface area contributed by atoms with Crippen LogP contribution in [0.2, 0.25) is 0 Å². The molecule has 1 aliphatic carbocycles. The zero-order valence-corrected chi connectivity index (χ0v) is 23.7. The molecule has 0 spiro atoms. The third-order valence-corrected chi connectivity index (χ3v) is 7.58. The molecule has 2 atom stereocenters. The zero-order chi connectivity index (χ0) is 29.1. The SMILES string of the molecule is COC(=O)c1ccc(CN(C(=O)OC(C)(C)C)[C@H]2CCC[C@@H](Nc3ncnc4sc(CC(F)(F)F)cc34)C2)cc1. The highest BCUT2D eigenvalue weighted by Crippen LogP contribution is 2.34. The van der Waals surface area contributed by atoms with Crippen LogP contribution in [-0.2, 0) is 22.4 Å². The van der Waals surface area contributed by atoms with Gasteiger partial charge in [0.1, 0.15) is 22.6 Å². The number of anilines is 1. The van der Waals surface area contributed by atoms with E-state index >= 15 is 0 Å². The van der Waals surface area contributed by atoms with Gasteiger partial charge in [-0.15, -0.1) is 11.3 Å². The van der Waals surface area contributed by atoms with Crippen molar-refractivity contribution in [1.29, 1.82) is 0 Å². The number of carbonyl (C=O) groups is 2. The van der Waals surface area contributed by atoms with Crippen LogP contribution in [0.5, 0.6) is 0 Å². The summed E-state index contributed by atoms with van der Waals surface area (Å²) >= 11 is 1.01. The van der Waals surface area contributed by atoms with Crippen LogP contribution >= 0.6 is 11.3 Å². The lowest BCUT2D eigenvalue weighted by Crippen LogP contribution is -2.46. The molecular weight excluding hydrogens is 545 g/mol. The molecule has 2 heterocycles. The lowest BCUT2D eigenvalue weighted by Gasteiger charge is -2.38. The second-order valence-electron chi connectivity index (χ2n) is 10.9. The number of hydrogen-bond donors (Lipinski definition) is 1. The number of halogens is 3. The molecule has 4 rings (SSSR count). The van der Waals surface area contributed by atoms with E-state index in [0.717, 1.165) is 36.2 Å². The van der Waals surface area contributed by atoms with Crippen LogP contribution in [0.1, 0.15) is 67.3 Å². The molecule has 1 aliphatic rings. The molecule has 1 N–H and O–H groups in total. The minimum atomic E-state index is -4.30. The van der Waals surface area contributed by atoms with Gasteiger partial charge in [-0.2, -0.15) is 13.2 Å². The van der Waals surface area contributed by atoms with Gasteiger partial charge >= 0.3 is 18.2 Å². The van der Waals surface area contributed by atoms with Gasteiger partial charge in [0, 0.05) is 23.5 Å². The summed E-state index contributed by atoms with van der Waals surface area (Å²) in [5, 5.41) is 3.97. The topological polar surface area (TPSA) is 93.7 Å². The number of benzene rings is 1. The van der Waals surface area contributed by atoms with E-state index in [1.54, 1.807) is 29.2 Å². The Bertz CT molecular complexity index is 1340. The number of aromatic nitrogens is 2. The van der Waals surface area contributed by atoms with Gasteiger partial charge in [-0.05, 0) is 70.2 Å². The smallest absolute Gasteiger partial charge is 0.410 e. The number of thiophene rings is 1. The van der Waals surface area contributed by atoms with Crippen LogP contribution < -0.4 is 5.32 Å². The number of nitrogens with zero attached hydrogens (tertiary/aromatic N) is 3. The minimum absolute atomic E-state index is 0.0607. The van der Waals surface area contributed by atoms with E-state index in [9.17, 15) is 22.8 Å². The number of alkyl halides is 3. The Kier molecular flexibility index (Phi) is 8.86. The van der Waals surface area contributed by atoms with Gasteiger partial charge in [-0.3, -0.25) is 0 Å². The molecule has 0 radical (unpaired) electrons. The van der Waals surface area contributed by atoms with E-state index in [1.165, 1.54) is 19.5 Å². The summed E-state index contributed by atoms with van der Waals surface area (Å²) in [7, 11) is 1.32. The summed E-state index contributed by atoms with van der Waals surface area (Å²) in [6, 6.07) is 8.18. The van der Waals surface area contributed by atoms with Crippen LogP contribution in [0.15, 0.2) is 36.7 Å². The molecule has 0 saturated heterocycles. The lowest BCUT2D eigenvalue weighted by atomic mass is 9.89. The van der Waals surface area contributed by atoms with Gasteiger partial charge in [0.05, 0.1) is 24.5 Å². The molecule has 0 bridgehead atoms. The van der Waals surface area contributed by atoms with E-state index in [4.69, 9.17) is 9.47 Å². The zero-order valence-electron chi connectivity index (χ0n) is 22.9. The molecule has 3 aromatic rings. The third kappa shape index (κ3) is 7.83. The predicted molar refractivity (Wildman–Crippen MR) is 146 cm³/mol. The Morgan fingerprint density at radius 1 is 1.12 bits per heavy atom. The fraction of sp³-hybridized carbons (Fsp3) is 0.500. The summed E-state index contributed by atoms with van der Waals surface area (Å²) in [5.74, 6) is 0.0502. The van der Waals surface area contributed by atoms with Gasteiger partial charge in [0.2, 0.25) is 0 Å². The van der Waals surface area contributed by atoms with E-state index in [-0.39, 0.29) is 23.5 Å². The number of methoxy groups -OCH3 is 1. The highest BCUT2D eigenvalue weighted by atomic mass is 32.1. The normalized spacial score (nSPS) is 17.9. The number of esters is 1. The second-order valence-corrected chi connectivity index (χ2v) is 12.0. The number of ether oxygens (including phenoxy) is 2. The Balaban J connectivity index is 1.53. The Morgan fingerprint density at radius 2 is 1.85 bits per heavy atom. The number of amides is 1. The first kappa shape index (κ1) is 29.6. The molecule has 1 fully saturated rings. The standard InChI is InChI=1S/C28H33F3N4O4S/c1-27(2,3)39-26(37)35(15-17-8-10-18(11-9-17)25(36)38-4)20-7-5-6-19(12-20)34-23-22-13-21(14-28(29,30)31)40-24(22)33-16-32-23/h8-11,13,16,19-20H,5-7,12,14-15H2,1-4H3,(H,32,33,34)/t19-,20+/m1/s1. The van der Waals surface area contributed by atoms with Crippen molar-refractivity contribution in [3.63, 3.8) is 0 Å². The number of fused-ring (bicyclic) bond motifs is 1. The summed E-state index contributed by atoms with van der Waals surface area (Å²) in [6.07, 6.45) is -1.38. The molecule has 40 heavy (non-hydrogen) atoms. The largest absolute Gasteiger partial charge is 0.465 e. The van der Waals surface area contributed by atoms with Gasteiger partial charge in [-0.25, -0.2) is 19.6 Å². The quantitative estimate of drug-likeness (QED) is 0.310. The Morgan fingerprint density at radius 3 is 2.50 bits per heavy atom. The van der Waals surface area contributed by atoms with Crippen molar-refractivity contribution in [2.75, 3.05) is 12.4 Å². The Labute approximate surface area is 234 Å². The average molecular weight is 579 g/mol. The number of hydrogen-bond acceptors (Lipinski definition) is 8. The molecule has 12 heteroatoms. The summed E-state index contributed by atoms with van der Waals surface area (Å²) < 4.78 is 49.4. The van der Waals surface area contributed by atoms with Gasteiger partial charge in [-0.1, -0.05) is 12.1 Å². The molecular formula is C28H33F3N4O4S. The Hall–Kier alpha value is -3.41. The maximum absolute atomic E-state index is 13.3. The van der Waals surface area contributed by atoms with Crippen LogP contribution in [0.25, 0.3) is 10.2 Å². The van der Waals surface area contributed by atoms with Crippen molar-refractivity contribution in [2.24, 2.45) is 0 Å². The highest BCUT2D eigenvalue weighted by molar-refractivity contribution is 7.18. The fourth-order valence-corrected chi connectivity index (χ4v) is 5.83. The highest BCUT2D eigenvalue weighted by Gasteiger charge is 2.33. The summed E-state index contributed by atoms with van der Waals surface area (Å²) in [5.41, 5.74) is 0.567. The van der Waals surface area contributed by atoms with Crippen LogP contribution in [-0.4, -0.2) is 57.9 Å². The molecule has 1 aromatic carbocycles. The van der Waals surface area contributed by atoms with Crippen LogP contribution in [0.4, 0.5) is 23.8 Å². The van der Waals surface area contributed by atoms with Crippen molar-refractivity contribution in [3.05, 3.63) is 52.7 Å². The molecule has 1 saturated carbocycles. The number of nitrogens with one attached hydrogen (secondary N) is 1. The lowest BCUT2D eigenvalue weighted by molar-refractivity contribution is -0.126. The van der Waals surface area contributed by atoms with Crippen molar-refractivity contribution < 1.29 is 32.2 Å². The van der Waals surface area contributed by atoms with Crippen molar-refractivity contribution in [3.8, 4) is 0 Å². The molecule has 0 aliphatic heterocycles. The molecule has 8 nitrogen and oxygen atoms in total. The van der Waals surface area contributed by atoms with Crippen molar-refractivity contribution in [1.82, 2.24) is 14.9 Å². The van der Waals surface area contributed by atoms with Crippen LogP contribution in [0.3, 0.4) is 0 Å². The number of carbonyl (C=O) groups excluding carboxylic acids is 2. The second kappa shape index (κ2) is 12.0. The number of rotatable bonds is 7. The monoisotopic (exact) mass is 578 g/mol. The van der Waals surface area contributed by atoms with E-state index in [1.807, 2.05) is 20.8 Å². The molecule has 1 amide bonds. The minimum Gasteiger partial charge on any atom is -0.465 e. The van der Waals surface area contributed by atoms with Crippen molar-refractivity contribution >= 4 is 39.4 Å².